The molecular formula is C28H35N3O4S. The molecule has 3 aromatic rings. The zero-order chi connectivity index (χ0) is 26.4. The number of benzene rings is 1. The van der Waals surface area contributed by atoms with E-state index >= 15 is 0 Å². The third-order valence-corrected chi connectivity index (χ3v) is 6.88. The van der Waals surface area contributed by atoms with Gasteiger partial charge < -0.3 is 14.6 Å². The Morgan fingerprint density at radius 1 is 1.14 bits per heavy atom. The Labute approximate surface area is 216 Å². The van der Waals surface area contributed by atoms with Crippen molar-refractivity contribution in [2.45, 2.75) is 66.5 Å². The first-order chi connectivity index (χ1) is 17.1. The van der Waals surface area contributed by atoms with Gasteiger partial charge in [0, 0.05) is 23.2 Å². The van der Waals surface area contributed by atoms with E-state index in [0.717, 1.165) is 27.3 Å². The van der Waals surface area contributed by atoms with Crippen molar-refractivity contribution in [1.29, 1.82) is 0 Å². The van der Waals surface area contributed by atoms with Crippen molar-refractivity contribution in [2.75, 3.05) is 6.61 Å². The highest BCUT2D eigenvalue weighted by atomic mass is 32.1. The molecule has 0 aliphatic heterocycles. The Balaban J connectivity index is 1.96. The number of carbonyl (C=O) groups is 2. The van der Waals surface area contributed by atoms with Crippen molar-refractivity contribution in [3.05, 3.63) is 74.6 Å². The van der Waals surface area contributed by atoms with E-state index in [1.165, 1.54) is 22.0 Å². The van der Waals surface area contributed by atoms with Crippen LogP contribution in [0.3, 0.4) is 0 Å². The van der Waals surface area contributed by atoms with Gasteiger partial charge in [-0.3, -0.25) is 14.4 Å². The number of rotatable bonds is 10. The fraction of sp³-hybridized carbons (Fsp3) is 0.429. The van der Waals surface area contributed by atoms with Crippen LogP contribution in [0.5, 0.6) is 0 Å². The zero-order valence-corrected chi connectivity index (χ0v) is 22.6. The van der Waals surface area contributed by atoms with Crippen LogP contribution in [0.2, 0.25) is 0 Å². The number of nitrogens with zero attached hydrogens (tertiary/aromatic N) is 2. The Hall–Kier alpha value is -3.26. The number of nitrogens with one attached hydrogen (secondary N) is 1. The number of thiazole rings is 1. The molecule has 7 nitrogen and oxygen atoms in total. The van der Waals surface area contributed by atoms with Crippen LogP contribution in [0.4, 0.5) is 0 Å². The van der Waals surface area contributed by atoms with Crippen LogP contribution in [-0.2, 0) is 14.3 Å². The van der Waals surface area contributed by atoms with Gasteiger partial charge >= 0.3 is 5.97 Å². The molecule has 0 saturated carbocycles. The van der Waals surface area contributed by atoms with E-state index in [1.807, 2.05) is 64.3 Å². The van der Waals surface area contributed by atoms with E-state index in [2.05, 4.69) is 5.32 Å². The van der Waals surface area contributed by atoms with Crippen LogP contribution in [0.1, 0.15) is 68.1 Å². The third-order valence-electron chi connectivity index (χ3n) is 6.00. The van der Waals surface area contributed by atoms with E-state index in [1.54, 1.807) is 13.1 Å². The van der Waals surface area contributed by atoms with Gasteiger partial charge in [0.15, 0.2) is 0 Å². The lowest BCUT2D eigenvalue weighted by Crippen LogP contribution is -2.40. The molecular weight excluding hydrogens is 474 g/mol. The Bertz CT molecular complexity index is 1260. The number of pyridine rings is 1. The number of hydrogen-bond donors (Lipinski definition) is 1. The molecule has 1 aromatic carbocycles. The Morgan fingerprint density at radius 2 is 1.83 bits per heavy atom. The number of aryl methyl sites for hydroxylation is 3. The quantitative estimate of drug-likeness (QED) is 0.375. The monoisotopic (exact) mass is 509 g/mol. The fourth-order valence-corrected chi connectivity index (χ4v) is 5.28. The van der Waals surface area contributed by atoms with E-state index in [0.29, 0.717) is 12.1 Å². The summed E-state index contributed by atoms with van der Waals surface area (Å²) in [5.41, 5.74) is 4.47. The molecule has 2 heterocycles. The number of esters is 1. The Morgan fingerprint density at radius 3 is 2.44 bits per heavy atom. The van der Waals surface area contributed by atoms with E-state index in [-0.39, 0.29) is 30.4 Å². The van der Waals surface area contributed by atoms with E-state index in [9.17, 15) is 14.4 Å². The number of aromatic nitrogens is 2. The first kappa shape index (κ1) is 27.3. The summed E-state index contributed by atoms with van der Waals surface area (Å²) in [5.74, 6) is -0.574. The molecule has 2 aromatic heterocycles. The highest BCUT2D eigenvalue weighted by molar-refractivity contribution is 7.13. The third kappa shape index (κ3) is 6.69. The van der Waals surface area contributed by atoms with Crippen LogP contribution < -0.4 is 10.9 Å². The molecule has 0 fully saturated rings. The highest BCUT2D eigenvalue weighted by Crippen LogP contribution is 2.32. The summed E-state index contributed by atoms with van der Waals surface area (Å²) in [5, 5.41) is 5.71. The van der Waals surface area contributed by atoms with Crippen LogP contribution >= 0.6 is 11.3 Å². The predicted octanol–water partition coefficient (Wildman–Crippen LogP) is 5.29. The summed E-state index contributed by atoms with van der Waals surface area (Å²) in [6, 6.07) is 8.03. The van der Waals surface area contributed by atoms with Gasteiger partial charge in [-0.15, -0.1) is 11.3 Å². The smallest absolute Gasteiger partial charge is 0.308 e. The molecule has 1 amide bonds. The lowest BCUT2D eigenvalue weighted by molar-refractivity contribution is -0.144. The summed E-state index contributed by atoms with van der Waals surface area (Å²) >= 11 is 1.48. The molecule has 0 bridgehead atoms. The van der Waals surface area contributed by atoms with Crippen molar-refractivity contribution in [1.82, 2.24) is 14.9 Å². The maximum Gasteiger partial charge on any atom is 0.308 e. The minimum atomic E-state index is -0.709. The molecule has 0 radical (unpaired) electrons. The molecule has 3 rings (SSSR count). The Kier molecular flexibility index (Phi) is 9.20. The van der Waals surface area contributed by atoms with Gasteiger partial charge in [0.1, 0.15) is 11.0 Å². The van der Waals surface area contributed by atoms with Gasteiger partial charge in [0.25, 0.3) is 5.56 Å². The van der Waals surface area contributed by atoms with Crippen LogP contribution in [0.25, 0.3) is 10.6 Å². The lowest BCUT2D eigenvalue weighted by atomic mass is 10.0. The first-order valence-corrected chi connectivity index (χ1v) is 13.2. The van der Waals surface area contributed by atoms with E-state index in [4.69, 9.17) is 9.72 Å². The SMILES string of the molecule is CCOC(=O)C[C@@H](NC(=O)[C@H](CC(C)C)n1ccc(C)cc1=O)c1csc(-c2c(C)cccc2C)n1. The molecule has 8 heteroatoms. The van der Waals surface area contributed by atoms with Gasteiger partial charge in [-0.25, -0.2) is 4.98 Å². The maximum absolute atomic E-state index is 13.6. The maximum atomic E-state index is 13.6. The summed E-state index contributed by atoms with van der Waals surface area (Å²) in [4.78, 5) is 43.6. The summed E-state index contributed by atoms with van der Waals surface area (Å²) in [6.45, 7) is 11.9. The minimum absolute atomic E-state index is 0.0489. The van der Waals surface area contributed by atoms with E-state index < -0.39 is 18.1 Å². The summed E-state index contributed by atoms with van der Waals surface area (Å²) in [6.07, 6.45) is 2.09. The largest absolute Gasteiger partial charge is 0.466 e. The molecule has 0 unspecified atom stereocenters. The average molecular weight is 510 g/mol. The number of carbonyl (C=O) groups excluding carboxylic acids is 2. The van der Waals surface area contributed by atoms with Crippen molar-refractivity contribution < 1.29 is 14.3 Å². The second-order valence-electron chi connectivity index (χ2n) is 9.51. The van der Waals surface area contributed by atoms with Crippen molar-refractivity contribution in [2.24, 2.45) is 5.92 Å². The van der Waals surface area contributed by atoms with Gasteiger partial charge in [0.2, 0.25) is 5.91 Å². The molecule has 0 aliphatic rings. The standard InChI is InChI=1S/C28H35N3O4S/c1-7-35-25(33)15-21(22-16-36-28(30-22)26-19(5)9-8-10-20(26)6)29-27(34)23(13-17(2)3)31-12-11-18(4)14-24(31)32/h8-12,14,16-17,21,23H,7,13,15H2,1-6H3,(H,29,34)/t21-,23+/m1/s1. The van der Waals surface area contributed by atoms with Gasteiger partial charge in [-0.05, 0) is 62.8 Å². The normalized spacial score (nSPS) is 12.9. The zero-order valence-electron chi connectivity index (χ0n) is 21.8. The molecule has 0 aliphatic carbocycles. The van der Waals surface area contributed by atoms with Crippen molar-refractivity contribution >= 4 is 23.2 Å². The second-order valence-corrected chi connectivity index (χ2v) is 10.4. The topological polar surface area (TPSA) is 90.3 Å². The molecule has 192 valence electrons. The first-order valence-electron chi connectivity index (χ1n) is 12.3. The predicted molar refractivity (Wildman–Crippen MR) is 143 cm³/mol. The molecule has 1 N–H and O–H groups in total. The lowest BCUT2D eigenvalue weighted by Gasteiger charge is -2.24. The average Bonchev–Trinajstić information content (AvgIpc) is 3.27. The van der Waals surface area contributed by atoms with Gasteiger partial charge in [0.05, 0.1) is 24.8 Å². The number of hydrogen-bond acceptors (Lipinski definition) is 6. The second kappa shape index (κ2) is 12.1. The fourth-order valence-electron chi connectivity index (χ4n) is 4.24. The van der Waals surface area contributed by atoms with Crippen LogP contribution in [0, 0.1) is 26.7 Å². The van der Waals surface area contributed by atoms with Gasteiger partial charge in [-0.2, -0.15) is 0 Å². The minimum Gasteiger partial charge on any atom is -0.466 e. The molecule has 2 atom stereocenters. The molecule has 0 spiro atoms. The molecule has 36 heavy (non-hydrogen) atoms. The van der Waals surface area contributed by atoms with Crippen molar-refractivity contribution in [3.63, 3.8) is 0 Å². The highest BCUT2D eigenvalue weighted by Gasteiger charge is 2.28. The number of ether oxygens (including phenoxy) is 1. The number of amides is 1. The summed E-state index contributed by atoms with van der Waals surface area (Å²) < 4.78 is 6.64. The van der Waals surface area contributed by atoms with Crippen LogP contribution in [0.15, 0.2) is 46.7 Å². The summed E-state index contributed by atoms with van der Waals surface area (Å²) in [7, 11) is 0. The van der Waals surface area contributed by atoms with Gasteiger partial charge in [-0.1, -0.05) is 32.0 Å². The molecule has 0 saturated heterocycles. The van der Waals surface area contributed by atoms with Crippen LogP contribution in [-0.4, -0.2) is 28.0 Å². The van der Waals surface area contributed by atoms with Crippen molar-refractivity contribution in [3.8, 4) is 10.6 Å².